The van der Waals surface area contributed by atoms with Gasteiger partial charge in [-0.05, 0) is 24.3 Å². The molecule has 3 aromatic rings. The molecule has 0 unspecified atom stereocenters. The molecule has 140 valence electrons. The van der Waals surface area contributed by atoms with E-state index in [9.17, 15) is 13.2 Å². The number of amides is 1. The van der Waals surface area contributed by atoms with Gasteiger partial charge in [0.15, 0.2) is 11.5 Å². The van der Waals surface area contributed by atoms with E-state index in [0.29, 0.717) is 42.1 Å². The van der Waals surface area contributed by atoms with E-state index in [0.717, 1.165) is 0 Å². The van der Waals surface area contributed by atoms with Crippen LogP contribution in [-0.2, 0) is 10.0 Å². The van der Waals surface area contributed by atoms with Gasteiger partial charge in [0.25, 0.3) is 15.9 Å². The zero-order valence-corrected chi connectivity index (χ0v) is 14.9. The van der Waals surface area contributed by atoms with E-state index in [4.69, 9.17) is 19.6 Å². The van der Waals surface area contributed by atoms with E-state index in [-0.39, 0.29) is 16.3 Å². The van der Waals surface area contributed by atoms with Crippen LogP contribution in [0, 0.1) is 0 Å². The second kappa shape index (κ2) is 6.51. The molecule has 9 heteroatoms. The van der Waals surface area contributed by atoms with Gasteiger partial charge in [-0.2, -0.15) is 0 Å². The molecule has 2 heterocycles. The van der Waals surface area contributed by atoms with Crippen molar-refractivity contribution in [3.8, 4) is 11.5 Å². The normalized spacial score (nSPS) is 13.9. The van der Waals surface area contributed by atoms with Gasteiger partial charge >= 0.3 is 0 Å². The number of furan rings is 1. The van der Waals surface area contributed by atoms with Crippen molar-refractivity contribution >= 4 is 32.6 Å². The maximum atomic E-state index is 12.9. The molecule has 27 heavy (non-hydrogen) atoms. The van der Waals surface area contributed by atoms with Crippen molar-refractivity contribution in [1.82, 2.24) is 0 Å². The number of nitrogens with two attached hydrogens (primary N) is 1. The number of para-hydroxylation sites is 1. The molecule has 0 fully saturated rings. The molecule has 0 saturated carbocycles. The van der Waals surface area contributed by atoms with Gasteiger partial charge in [-0.1, -0.05) is 12.1 Å². The number of hydrogen-bond acceptors (Lipinski definition) is 6. The highest BCUT2D eigenvalue weighted by atomic mass is 32.2. The number of sulfonamides is 1. The SMILES string of the molecule is NC(=O)c1oc2ccccc2c1NS(=O)(=O)c1ccc2c(c1)OCCCO2. The minimum Gasteiger partial charge on any atom is -0.490 e. The van der Waals surface area contributed by atoms with Crippen molar-refractivity contribution in [2.24, 2.45) is 5.73 Å². The van der Waals surface area contributed by atoms with Crippen molar-refractivity contribution < 1.29 is 27.1 Å². The van der Waals surface area contributed by atoms with Gasteiger partial charge in [-0.25, -0.2) is 8.42 Å². The smallest absolute Gasteiger partial charge is 0.286 e. The summed E-state index contributed by atoms with van der Waals surface area (Å²) in [6, 6.07) is 11.0. The predicted octanol–water partition coefficient (Wildman–Crippen LogP) is 2.49. The van der Waals surface area contributed by atoms with E-state index < -0.39 is 15.9 Å². The van der Waals surface area contributed by atoms with Crippen molar-refractivity contribution in [3.63, 3.8) is 0 Å². The van der Waals surface area contributed by atoms with Crippen LogP contribution in [0.25, 0.3) is 11.0 Å². The van der Waals surface area contributed by atoms with Crippen molar-refractivity contribution in [3.05, 3.63) is 48.2 Å². The summed E-state index contributed by atoms with van der Waals surface area (Å²) < 4.78 is 44.6. The third-order valence-electron chi connectivity index (χ3n) is 4.08. The number of carbonyl (C=O) groups is 1. The van der Waals surface area contributed by atoms with E-state index >= 15 is 0 Å². The molecule has 1 aromatic heterocycles. The summed E-state index contributed by atoms with van der Waals surface area (Å²) in [5, 5.41) is 0.434. The predicted molar refractivity (Wildman–Crippen MR) is 97.6 cm³/mol. The second-order valence-electron chi connectivity index (χ2n) is 5.93. The topological polar surface area (TPSA) is 121 Å². The minimum atomic E-state index is -4.03. The Balaban J connectivity index is 1.76. The molecule has 0 spiro atoms. The van der Waals surface area contributed by atoms with Crippen LogP contribution in [0.4, 0.5) is 5.69 Å². The maximum Gasteiger partial charge on any atom is 0.286 e. The molecule has 1 aliphatic heterocycles. The average molecular weight is 388 g/mol. The first-order valence-corrected chi connectivity index (χ1v) is 9.68. The summed E-state index contributed by atoms with van der Waals surface area (Å²) in [5.41, 5.74) is 5.69. The summed E-state index contributed by atoms with van der Waals surface area (Å²) in [5.74, 6) is -0.294. The first-order valence-electron chi connectivity index (χ1n) is 8.19. The van der Waals surface area contributed by atoms with Gasteiger partial charge in [0.05, 0.1) is 18.1 Å². The van der Waals surface area contributed by atoms with Gasteiger partial charge in [0.1, 0.15) is 11.3 Å². The zero-order chi connectivity index (χ0) is 19.0. The number of anilines is 1. The van der Waals surface area contributed by atoms with Gasteiger partial charge in [0, 0.05) is 17.9 Å². The molecule has 2 aromatic carbocycles. The second-order valence-corrected chi connectivity index (χ2v) is 7.61. The van der Waals surface area contributed by atoms with E-state index in [1.165, 1.54) is 18.2 Å². The van der Waals surface area contributed by atoms with Crippen LogP contribution in [0.15, 0.2) is 51.8 Å². The first-order chi connectivity index (χ1) is 13.0. The molecule has 0 aliphatic carbocycles. The monoisotopic (exact) mass is 388 g/mol. The lowest BCUT2D eigenvalue weighted by Crippen LogP contribution is -2.17. The van der Waals surface area contributed by atoms with Crippen LogP contribution in [0.5, 0.6) is 11.5 Å². The lowest BCUT2D eigenvalue weighted by molar-refractivity contribution is 0.0977. The number of ether oxygens (including phenoxy) is 2. The number of primary amides is 1. The summed E-state index contributed by atoms with van der Waals surface area (Å²) >= 11 is 0. The number of fused-ring (bicyclic) bond motifs is 2. The quantitative estimate of drug-likeness (QED) is 0.708. The Morgan fingerprint density at radius 2 is 1.78 bits per heavy atom. The standard InChI is InChI=1S/C18H16N2O6S/c19-18(21)17-16(12-4-1-2-5-13(12)26-17)20-27(22,23)11-6-7-14-15(10-11)25-9-3-8-24-14/h1-2,4-7,10,20H,3,8-9H2,(H2,19,21). The van der Waals surface area contributed by atoms with Crippen LogP contribution < -0.4 is 19.9 Å². The molecule has 0 bridgehead atoms. The Morgan fingerprint density at radius 1 is 1.04 bits per heavy atom. The first kappa shape index (κ1) is 17.2. The summed E-state index contributed by atoms with van der Waals surface area (Å²) in [6.45, 7) is 0.933. The number of rotatable bonds is 4. The fraction of sp³-hybridized carbons (Fsp3) is 0.167. The van der Waals surface area contributed by atoms with Crippen LogP contribution in [-0.4, -0.2) is 27.5 Å². The number of benzene rings is 2. The fourth-order valence-electron chi connectivity index (χ4n) is 2.82. The van der Waals surface area contributed by atoms with Crippen LogP contribution in [0.1, 0.15) is 17.0 Å². The highest BCUT2D eigenvalue weighted by molar-refractivity contribution is 7.92. The molecule has 1 amide bonds. The molecular formula is C18H16N2O6S. The molecule has 3 N–H and O–H groups in total. The van der Waals surface area contributed by atoms with E-state index in [1.54, 1.807) is 24.3 Å². The Bertz CT molecular complexity index is 1140. The molecule has 0 saturated heterocycles. The molecule has 0 atom stereocenters. The Morgan fingerprint density at radius 3 is 2.56 bits per heavy atom. The molecule has 0 radical (unpaired) electrons. The average Bonchev–Trinajstić information content (AvgIpc) is 2.84. The summed E-state index contributed by atoms with van der Waals surface area (Å²) in [6.07, 6.45) is 0.706. The summed E-state index contributed by atoms with van der Waals surface area (Å²) in [4.78, 5) is 11.7. The van der Waals surface area contributed by atoms with Crippen LogP contribution >= 0.6 is 0 Å². The van der Waals surface area contributed by atoms with Crippen molar-refractivity contribution in [2.75, 3.05) is 17.9 Å². The summed E-state index contributed by atoms with van der Waals surface area (Å²) in [7, 11) is -4.03. The maximum absolute atomic E-state index is 12.9. The number of carbonyl (C=O) groups excluding carboxylic acids is 1. The zero-order valence-electron chi connectivity index (χ0n) is 14.1. The van der Waals surface area contributed by atoms with Gasteiger partial charge < -0.3 is 19.6 Å². The Kier molecular flexibility index (Phi) is 4.15. The lowest BCUT2D eigenvalue weighted by atomic mass is 10.2. The Labute approximate surface area is 154 Å². The van der Waals surface area contributed by atoms with Crippen LogP contribution in [0.3, 0.4) is 0 Å². The highest BCUT2D eigenvalue weighted by Crippen LogP contribution is 2.35. The molecular weight excluding hydrogens is 372 g/mol. The van der Waals surface area contributed by atoms with E-state index in [1.807, 2.05) is 0 Å². The molecule has 8 nitrogen and oxygen atoms in total. The third-order valence-corrected chi connectivity index (χ3v) is 5.43. The van der Waals surface area contributed by atoms with Gasteiger partial charge in [-0.15, -0.1) is 0 Å². The minimum absolute atomic E-state index is 0.00483. The Hall–Kier alpha value is -3.20. The van der Waals surface area contributed by atoms with Crippen molar-refractivity contribution in [2.45, 2.75) is 11.3 Å². The number of hydrogen-bond donors (Lipinski definition) is 2. The van der Waals surface area contributed by atoms with Gasteiger partial charge in [0.2, 0.25) is 5.76 Å². The third kappa shape index (κ3) is 3.17. The van der Waals surface area contributed by atoms with Crippen LogP contribution in [0.2, 0.25) is 0 Å². The molecule has 4 rings (SSSR count). The highest BCUT2D eigenvalue weighted by Gasteiger charge is 2.25. The van der Waals surface area contributed by atoms with Crippen molar-refractivity contribution in [1.29, 1.82) is 0 Å². The lowest BCUT2D eigenvalue weighted by Gasteiger charge is -2.11. The van der Waals surface area contributed by atoms with Gasteiger partial charge in [-0.3, -0.25) is 9.52 Å². The van der Waals surface area contributed by atoms with E-state index in [2.05, 4.69) is 4.72 Å². The largest absolute Gasteiger partial charge is 0.490 e. The fourth-order valence-corrected chi connectivity index (χ4v) is 3.92. The molecule has 1 aliphatic rings. The number of nitrogens with one attached hydrogen (secondary N) is 1.